The van der Waals surface area contributed by atoms with Crippen LogP contribution in [-0.4, -0.2) is 23.9 Å². The van der Waals surface area contributed by atoms with Crippen LogP contribution in [0.5, 0.6) is 5.75 Å². The van der Waals surface area contributed by atoms with Crippen molar-refractivity contribution >= 4 is 17.6 Å². The van der Waals surface area contributed by atoms with Crippen LogP contribution in [0, 0.1) is 0 Å². The van der Waals surface area contributed by atoms with Gasteiger partial charge in [-0.25, -0.2) is 4.79 Å². The summed E-state index contributed by atoms with van der Waals surface area (Å²) in [6.45, 7) is 1.64. The normalized spacial score (nSPS) is 12.2. The first kappa shape index (κ1) is 19.5. The van der Waals surface area contributed by atoms with Gasteiger partial charge in [-0.2, -0.15) is 0 Å². The molecular weight excluding hydrogens is 378 g/mol. The van der Waals surface area contributed by atoms with E-state index in [1.165, 1.54) is 11.1 Å². The van der Waals surface area contributed by atoms with Gasteiger partial charge in [-0.3, -0.25) is 4.79 Å². The van der Waals surface area contributed by atoms with Gasteiger partial charge in [-0.05, 0) is 53.1 Å². The van der Waals surface area contributed by atoms with Crippen molar-refractivity contribution in [2.24, 2.45) is 0 Å². The van der Waals surface area contributed by atoms with Gasteiger partial charge in [-0.15, -0.1) is 0 Å². The van der Waals surface area contributed by atoms with E-state index >= 15 is 0 Å². The lowest BCUT2D eigenvalue weighted by atomic mass is 10.1. The number of nitrogens with zero attached hydrogens (tertiary/aromatic N) is 1. The van der Waals surface area contributed by atoms with E-state index in [9.17, 15) is 9.59 Å². The number of nitrogens with one attached hydrogen (secondary N) is 2. The molecule has 1 aliphatic rings. The molecule has 0 saturated carbocycles. The van der Waals surface area contributed by atoms with E-state index in [-0.39, 0.29) is 11.9 Å². The van der Waals surface area contributed by atoms with Gasteiger partial charge >= 0.3 is 6.03 Å². The Hall–Kier alpha value is -3.80. The van der Waals surface area contributed by atoms with E-state index in [0.29, 0.717) is 30.9 Å². The lowest BCUT2D eigenvalue weighted by Gasteiger charge is -2.16. The van der Waals surface area contributed by atoms with Crippen molar-refractivity contribution in [3.63, 3.8) is 0 Å². The molecule has 0 fully saturated rings. The highest BCUT2D eigenvalue weighted by atomic mass is 16.5. The summed E-state index contributed by atoms with van der Waals surface area (Å²) in [4.78, 5) is 26.7. The highest BCUT2D eigenvalue weighted by Gasteiger charge is 2.22. The molecule has 0 aliphatic carbocycles. The van der Waals surface area contributed by atoms with Gasteiger partial charge in [0.15, 0.2) is 0 Å². The summed E-state index contributed by atoms with van der Waals surface area (Å²) < 4.78 is 5.13. The first-order valence-corrected chi connectivity index (χ1v) is 9.76. The summed E-state index contributed by atoms with van der Waals surface area (Å²) in [6.07, 6.45) is 0. The highest BCUT2D eigenvalue weighted by Crippen LogP contribution is 2.23. The molecular formula is C24H23N3O3. The van der Waals surface area contributed by atoms with Crippen LogP contribution in [0.2, 0.25) is 0 Å². The molecule has 0 saturated heterocycles. The van der Waals surface area contributed by atoms with E-state index in [2.05, 4.69) is 10.6 Å². The molecule has 30 heavy (non-hydrogen) atoms. The number of urea groups is 1. The lowest BCUT2D eigenvalue weighted by molar-refractivity contribution is 0.0951. The second-order valence-electron chi connectivity index (χ2n) is 7.16. The van der Waals surface area contributed by atoms with Crippen molar-refractivity contribution < 1.29 is 14.3 Å². The summed E-state index contributed by atoms with van der Waals surface area (Å²) in [5.74, 6) is 0.610. The molecule has 3 aromatic carbocycles. The van der Waals surface area contributed by atoms with Crippen LogP contribution in [0.4, 0.5) is 10.5 Å². The quantitative estimate of drug-likeness (QED) is 0.674. The number of hydrogen-bond donors (Lipinski definition) is 2. The van der Waals surface area contributed by atoms with Crippen LogP contribution >= 0.6 is 0 Å². The Balaban J connectivity index is 1.30. The van der Waals surface area contributed by atoms with Crippen LogP contribution in [0.25, 0.3) is 0 Å². The molecule has 6 heteroatoms. The third-order valence-corrected chi connectivity index (χ3v) is 5.14. The van der Waals surface area contributed by atoms with Crippen molar-refractivity contribution in [2.75, 3.05) is 12.4 Å². The Morgan fingerprint density at radius 1 is 0.900 bits per heavy atom. The van der Waals surface area contributed by atoms with Gasteiger partial charge in [0, 0.05) is 30.9 Å². The molecule has 1 aliphatic heterocycles. The van der Waals surface area contributed by atoms with Crippen molar-refractivity contribution in [3.8, 4) is 5.75 Å². The average molecular weight is 401 g/mol. The molecule has 1 heterocycles. The minimum Gasteiger partial charge on any atom is -0.497 e. The van der Waals surface area contributed by atoms with Crippen LogP contribution in [0.3, 0.4) is 0 Å². The molecule has 0 aromatic heterocycles. The smallest absolute Gasteiger partial charge is 0.322 e. The zero-order valence-electron chi connectivity index (χ0n) is 16.7. The maximum Gasteiger partial charge on any atom is 0.322 e. The van der Waals surface area contributed by atoms with Gasteiger partial charge in [0.05, 0.1) is 7.11 Å². The van der Waals surface area contributed by atoms with E-state index in [4.69, 9.17) is 4.74 Å². The number of anilines is 1. The number of benzene rings is 3. The monoisotopic (exact) mass is 401 g/mol. The Morgan fingerprint density at radius 2 is 1.53 bits per heavy atom. The van der Waals surface area contributed by atoms with E-state index in [1.54, 1.807) is 36.3 Å². The zero-order chi connectivity index (χ0) is 20.9. The van der Waals surface area contributed by atoms with Crippen molar-refractivity contribution in [1.29, 1.82) is 0 Å². The number of rotatable bonds is 5. The fourth-order valence-electron chi connectivity index (χ4n) is 3.41. The van der Waals surface area contributed by atoms with Gasteiger partial charge in [-0.1, -0.05) is 36.4 Å². The van der Waals surface area contributed by atoms with E-state index in [1.807, 2.05) is 48.5 Å². The second-order valence-corrected chi connectivity index (χ2v) is 7.16. The maximum atomic E-state index is 12.5. The van der Waals surface area contributed by atoms with Gasteiger partial charge in [0.1, 0.15) is 5.75 Å². The Morgan fingerprint density at radius 3 is 2.13 bits per heavy atom. The van der Waals surface area contributed by atoms with Crippen LogP contribution in [0.1, 0.15) is 27.0 Å². The van der Waals surface area contributed by atoms with Gasteiger partial charge in [0.2, 0.25) is 0 Å². The number of fused-ring (bicyclic) bond motifs is 1. The van der Waals surface area contributed by atoms with Crippen molar-refractivity contribution in [2.45, 2.75) is 19.6 Å². The number of carbonyl (C=O) groups is 2. The fraction of sp³-hybridized carbons (Fsp3) is 0.167. The third-order valence-electron chi connectivity index (χ3n) is 5.14. The summed E-state index contributed by atoms with van der Waals surface area (Å²) in [5.41, 5.74) is 4.53. The Bertz CT molecular complexity index is 1020. The summed E-state index contributed by atoms with van der Waals surface area (Å²) in [5, 5.41) is 5.79. The number of hydrogen-bond acceptors (Lipinski definition) is 3. The SMILES string of the molecule is COc1ccc(CNC(=O)c2ccc(NC(=O)N3Cc4ccccc4C3)cc2)cc1. The summed E-state index contributed by atoms with van der Waals surface area (Å²) >= 11 is 0. The molecule has 0 bridgehead atoms. The van der Waals surface area contributed by atoms with E-state index < -0.39 is 0 Å². The van der Waals surface area contributed by atoms with Crippen LogP contribution in [-0.2, 0) is 19.6 Å². The maximum absolute atomic E-state index is 12.5. The lowest BCUT2D eigenvalue weighted by Crippen LogP contribution is -2.30. The van der Waals surface area contributed by atoms with E-state index in [0.717, 1.165) is 11.3 Å². The molecule has 0 spiro atoms. The predicted molar refractivity (Wildman–Crippen MR) is 115 cm³/mol. The molecule has 3 amide bonds. The first-order chi connectivity index (χ1) is 14.6. The summed E-state index contributed by atoms with van der Waals surface area (Å²) in [7, 11) is 1.62. The number of ether oxygens (including phenoxy) is 1. The van der Waals surface area contributed by atoms with Crippen LogP contribution < -0.4 is 15.4 Å². The number of amides is 3. The first-order valence-electron chi connectivity index (χ1n) is 9.76. The summed E-state index contributed by atoms with van der Waals surface area (Å²) in [6, 6.07) is 22.3. The topological polar surface area (TPSA) is 70.7 Å². The molecule has 0 atom stereocenters. The molecule has 0 unspecified atom stereocenters. The molecule has 2 N–H and O–H groups in total. The largest absolute Gasteiger partial charge is 0.497 e. The second kappa shape index (κ2) is 8.69. The number of carbonyl (C=O) groups excluding carboxylic acids is 2. The number of methoxy groups -OCH3 is 1. The molecule has 152 valence electrons. The zero-order valence-corrected chi connectivity index (χ0v) is 16.7. The molecule has 3 aromatic rings. The average Bonchev–Trinajstić information content (AvgIpc) is 3.23. The third kappa shape index (κ3) is 4.43. The Kier molecular flexibility index (Phi) is 5.66. The van der Waals surface area contributed by atoms with Crippen molar-refractivity contribution in [3.05, 3.63) is 95.1 Å². The van der Waals surface area contributed by atoms with Crippen LogP contribution in [0.15, 0.2) is 72.8 Å². The standard InChI is InChI=1S/C24H23N3O3/c1-30-22-12-6-17(7-13-22)14-25-23(28)18-8-10-21(11-9-18)26-24(29)27-15-19-4-2-3-5-20(19)16-27/h2-13H,14-16H2,1H3,(H,25,28)(H,26,29). The van der Waals surface area contributed by atoms with Gasteiger partial charge in [0.25, 0.3) is 5.91 Å². The molecule has 6 nitrogen and oxygen atoms in total. The van der Waals surface area contributed by atoms with Crippen molar-refractivity contribution in [1.82, 2.24) is 10.2 Å². The molecule has 4 rings (SSSR count). The predicted octanol–water partition coefficient (Wildman–Crippen LogP) is 4.17. The molecule has 0 radical (unpaired) electrons. The fourth-order valence-corrected chi connectivity index (χ4v) is 3.41. The minimum absolute atomic E-state index is 0.150. The Labute approximate surface area is 175 Å². The van der Waals surface area contributed by atoms with Gasteiger partial charge < -0.3 is 20.3 Å². The highest BCUT2D eigenvalue weighted by molar-refractivity contribution is 5.95. The minimum atomic E-state index is -0.168.